The molecule has 0 N–H and O–H groups in total. The van der Waals surface area contributed by atoms with Crippen LogP contribution in [0.3, 0.4) is 0 Å². The lowest BCUT2D eigenvalue weighted by Crippen LogP contribution is -2.25. The Morgan fingerprint density at radius 1 is 1.07 bits per heavy atom. The SMILES string of the molecule is CN(C(=O)c1ccc(-c2nc([C@@H]3C[C@H]4CC[C@@H]3O4)no2)cc1)c1ccccc1. The summed E-state index contributed by atoms with van der Waals surface area (Å²) in [5, 5.41) is 4.18. The minimum absolute atomic E-state index is 0.0666. The van der Waals surface area contributed by atoms with Gasteiger partial charge in [0.25, 0.3) is 11.8 Å². The van der Waals surface area contributed by atoms with Gasteiger partial charge in [0, 0.05) is 23.9 Å². The zero-order valence-corrected chi connectivity index (χ0v) is 15.6. The average Bonchev–Trinajstić information content (AvgIpc) is 3.50. The standard InChI is InChI=1S/C22H21N3O3/c1-25(16-5-3-2-4-6-16)22(26)15-9-7-14(8-10-15)21-23-20(24-28-21)18-13-17-11-12-19(18)27-17/h2-10,17-19H,11-13H2,1H3/t17-,18-,19+/m1/s1. The van der Waals surface area contributed by atoms with Crippen molar-refractivity contribution in [2.45, 2.75) is 37.4 Å². The van der Waals surface area contributed by atoms with Gasteiger partial charge >= 0.3 is 0 Å². The molecule has 3 aromatic rings. The van der Waals surface area contributed by atoms with E-state index in [1.807, 2.05) is 42.5 Å². The summed E-state index contributed by atoms with van der Waals surface area (Å²) in [6.07, 6.45) is 3.76. The predicted molar refractivity (Wildman–Crippen MR) is 104 cm³/mol. The number of rotatable bonds is 4. The number of benzene rings is 2. The highest BCUT2D eigenvalue weighted by Gasteiger charge is 2.43. The highest BCUT2D eigenvalue weighted by Crippen LogP contribution is 2.43. The molecule has 0 radical (unpaired) electrons. The Bertz CT molecular complexity index is 984. The number of anilines is 1. The maximum Gasteiger partial charge on any atom is 0.258 e. The van der Waals surface area contributed by atoms with Crippen LogP contribution in [0.25, 0.3) is 11.5 Å². The van der Waals surface area contributed by atoms with Gasteiger partial charge in [-0.3, -0.25) is 4.79 Å². The molecular formula is C22H21N3O3. The van der Waals surface area contributed by atoms with E-state index in [-0.39, 0.29) is 17.9 Å². The lowest BCUT2D eigenvalue weighted by Gasteiger charge is -2.17. The molecule has 28 heavy (non-hydrogen) atoms. The molecule has 2 aliphatic heterocycles. The minimum Gasteiger partial charge on any atom is -0.374 e. The van der Waals surface area contributed by atoms with Crippen LogP contribution >= 0.6 is 0 Å². The molecule has 2 bridgehead atoms. The number of para-hydroxylation sites is 1. The second-order valence-electron chi connectivity index (χ2n) is 7.45. The summed E-state index contributed by atoms with van der Waals surface area (Å²) in [4.78, 5) is 18.9. The van der Waals surface area contributed by atoms with Gasteiger partial charge in [0.05, 0.1) is 18.1 Å². The van der Waals surface area contributed by atoms with E-state index in [0.29, 0.717) is 17.6 Å². The number of hydrogen-bond donors (Lipinski definition) is 0. The first kappa shape index (κ1) is 17.1. The Hall–Kier alpha value is -2.99. The van der Waals surface area contributed by atoms with E-state index in [0.717, 1.165) is 36.3 Å². The zero-order chi connectivity index (χ0) is 19.1. The molecular weight excluding hydrogens is 354 g/mol. The fourth-order valence-electron chi connectivity index (χ4n) is 4.13. The van der Waals surface area contributed by atoms with E-state index >= 15 is 0 Å². The lowest BCUT2D eigenvalue weighted by molar-refractivity contribution is 0.0990. The minimum atomic E-state index is -0.0666. The number of nitrogens with zero attached hydrogens (tertiary/aromatic N) is 3. The Morgan fingerprint density at radius 3 is 2.54 bits per heavy atom. The topological polar surface area (TPSA) is 68.5 Å². The Morgan fingerprint density at radius 2 is 1.86 bits per heavy atom. The van der Waals surface area contributed by atoms with Crippen molar-refractivity contribution < 1.29 is 14.1 Å². The van der Waals surface area contributed by atoms with Crippen LogP contribution in [0.15, 0.2) is 59.1 Å². The molecule has 2 aromatic carbocycles. The number of aromatic nitrogens is 2. The molecule has 1 amide bonds. The molecule has 2 aliphatic rings. The van der Waals surface area contributed by atoms with Gasteiger partial charge < -0.3 is 14.2 Å². The van der Waals surface area contributed by atoms with E-state index in [1.54, 1.807) is 24.1 Å². The molecule has 3 atom stereocenters. The van der Waals surface area contributed by atoms with Gasteiger partial charge in [0.1, 0.15) is 0 Å². The van der Waals surface area contributed by atoms with Crippen LogP contribution in [0, 0.1) is 0 Å². The van der Waals surface area contributed by atoms with Crippen molar-refractivity contribution in [2.24, 2.45) is 0 Å². The van der Waals surface area contributed by atoms with Crippen LogP contribution in [0.1, 0.15) is 41.4 Å². The maximum atomic E-state index is 12.7. The third kappa shape index (κ3) is 2.99. The van der Waals surface area contributed by atoms with Gasteiger partial charge in [-0.1, -0.05) is 23.4 Å². The number of ether oxygens (including phenoxy) is 1. The van der Waals surface area contributed by atoms with Crippen molar-refractivity contribution in [3.8, 4) is 11.5 Å². The van der Waals surface area contributed by atoms with Crippen LogP contribution in [0.4, 0.5) is 5.69 Å². The summed E-state index contributed by atoms with van der Waals surface area (Å²) >= 11 is 0. The van der Waals surface area contributed by atoms with Gasteiger partial charge in [-0.2, -0.15) is 4.98 Å². The summed E-state index contributed by atoms with van der Waals surface area (Å²) in [5.41, 5.74) is 2.27. The van der Waals surface area contributed by atoms with E-state index in [2.05, 4.69) is 10.1 Å². The Balaban J connectivity index is 1.32. The first-order chi connectivity index (χ1) is 13.7. The van der Waals surface area contributed by atoms with Crippen molar-refractivity contribution in [3.63, 3.8) is 0 Å². The molecule has 3 heterocycles. The molecule has 0 spiro atoms. The number of carbonyl (C=O) groups is 1. The lowest BCUT2D eigenvalue weighted by atomic mass is 9.89. The average molecular weight is 375 g/mol. The maximum absolute atomic E-state index is 12.7. The van der Waals surface area contributed by atoms with Crippen molar-refractivity contribution in [1.29, 1.82) is 0 Å². The summed E-state index contributed by atoms with van der Waals surface area (Å²) < 4.78 is 11.4. The van der Waals surface area contributed by atoms with Crippen LogP contribution < -0.4 is 4.90 Å². The van der Waals surface area contributed by atoms with Crippen LogP contribution in [-0.4, -0.2) is 35.3 Å². The molecule has 0 aliphatic carbocycles. The summed E-state index contributed by atoms with van der Waals surface area (Å²) in [6, 6.07) is 16.9. The Labute approximate surface area is 163 Å². The van der Waals surface area contributed by atoms with Crippen LogP contribution in [-0.2, 0) is 4.74 Å². The first-order valence-corrected chi connectivity index (χ1v) is 9.61. The quantitative estimate of drug-likeness (QED) is 0.688. The van der Waals surface area contributed by atoms with Gasteiger partial charge in [0.2, 0.25) is 0 Å². The molecule has 0 unspecified atom stereocenters. The van der Waals surface area contributed by atoms with E-state index < -0.39 is 0 Å². The molecule has 6 heteroatoms. The molecule has 2 fully saturated rings. The van der Waals surface area contributed by atoms with Crippen molar-refractivity contribution in [2.75, 3.05) is 11.9 Å². The number of fused-ring (bicyclic) bond motifs is 2. The number of carbonyl (C=O) groups excluding carboxylic acids is 1. The molecule has 2 saturated heterocycles. The van der Waals surface area contributed by atoms with Gasteiger partial charge in [-0.25, -0.2) is 0 Å². The fraction of sp³-hybridized carbons (Fsp3) is 0.318. The van der Waals surface area contributed by atoms with E-state index in [1.165, 1.54) is 0 Å². The van der Waals surface area contributed by atoms with Gasteiger partial charge in [0.15, 0.2) is 5.82 Å². The monoisotopic (exact) mass is 375 g/mol. The molecule has 6 nitrogen and oxygen atoms in total. The predicted octanol–water partition coefficient (Wildman–Crippen LogP) is 4.05. The molecule has 0 saturated carbocycles. The van der Waals surface area contributed by atoms with Gasteiger partial charge in [-0.15, -0.1) is 0 Å². The summed E-state index contributed by atoms with van der Waals surface area (Å²) in [7, 11) is 1.77. The molecule has 1 aromatic heterocycles. The third-order valence-electron chi connectivity index (χ3n) is 5.71. The Kier molecular flexibility index (Phi) is 4.20. The first-order valence-electron chi connectivity index (χ1n) is 9.61. The normalized spacial score (nSPS) is 23.1. The summed E-state index contributed by atoms with van der Waals surface area (Å²) in [5.74, 6) is 1.37. The molecule has 5 rings (SSSR count). The smallest absolute Gasteiger partial charge is 0.258 e. The van der Waals surface area contributed by atoms with Crippen molar-refractivity contribution in [1.82, 2.24) is 10.1 Å². The summed E-state index contributed by atoms with van der Waals surface area (Å²) in [6.45, 7) is 0. The zero-order valence-electron chi connectivity index (χ0n) is 15.6. The van der Waals surface area contributed by atoms with Crippen LogP contribution in [0.5, 0.6) is 0 Å². The number of hydrogen-bond acceptors (Lipinski definition) is 5. The van der Waals surface area contributed by atoms with E-state index in [4.69, 9.17) is 9.26 Å². The molecule has 142 valence electrons. The largest absolute Gasteiger partial charge is 0.374 e. The number of amides is 1. The van der Waals surface area contributed by atoms with Crippen molar-refractivity contribution in [3.05, 3.63) is 66.0 Å². The fourth-order valence-corrected chi connectivity index (χ4v) is 4.13. The van der Waals surface area contributed by atoms with Gasteiger partial charge in [-0.05, 0) is 55.7 Å². The van der Waals surface area contributed by atoms with Crippen LogP contribution in [0.2, 0.25) is 0 Å². The highest BCUT2D eigenvalue weighted by atomic mass is 16.5. The van der Waals surface area contributed by atoms with Crippen molar-refractivity contribution >= 4 is 11.6 Å². The third-order valence-corrected chi connectivity index (χ3v) is 5.71. The highest BCUT2D eigenvalue weighted by molar-refractivity contribution is 6.05. The second-order valence-corrected chi connectivity index (χ2v) is 7.45. The van der Waals surface area contributed by atoms with E-state index in [9.17, 15) is 4.79 Å². The second kappa shape index (κ2) is 6.87.